The second-order valence-corrected chi connectivity index (χ2v) is 9.46. The van der Waals surface area contributed by atoms with Crippen LogP contribution in [0.5, 0.6) is 0 Å². The minimum absolute atomic E-state index is 0.137. The van der Waals surface area contributed by atoms with E-state index < -0.39 is 14.6 Å². The van der Waals surface area contributed by atoms with Crippen molar-refractivity contribution in [1.82, 2.24) is 14.8 Å². The molecule has 0 saturated carbocycles. The summed E-state index contributed by atoms with van der Waals surface area (Å²) in [7, 11) is -3.09. The third-order valence-electron chi connectivity index (χ3n) is 2.94. The van der Waals surface area contributed by atoms with Crippen molar-refractivity contribution in [3.63, 3.8) is 0 Å². The molecule has 0 bridgehead atoms. The van der Waals surface area contributed by atoms with Crippen molar-refractivity contribution >= 4 is 21.6 Å². The zero-order valence-electron chi connectivity index (χ0n) is 12.6. The second kappa shape index (κ2) is 6.91. The molecule has 1 rings (SSSR count). The molecule has 2 N–H and O–H groups in total. The lowest BCUT2D eigenvalue weighted by Gasteiger charge is -2.18. The van der Waals surface area contributed by atoms with Crippen molar-refractivity contribution in [1.29, 1.82) is 0 Å². The van der Waals surface area contributed by atoms with Gasteiger partial charge in [0.25, 0.3) is 0 Å². The Hall–Kier alpha value is -0.600. The van der Waals surface area contributed by atoms with E-state index in [9.17, 15) is 8.42 Å². The van der Waals surface area contributed by atoms with Gasteiger partial charge in [0.05, 0.1) is 17.0 Å². The molecule has 0 unspecified atom stereocenters. The molecule has 6 nitrogen and oxygen atoms in total. The first kappa shape index (κ1) is 17.5. The predicted octanol–water partition coefficient (Wildman–Crippen LogP) is 1.45. The molecule has 1 aromatic heterocycles. The van der Waals surface area contributed by atoms with Crippen LogP contribution in [0.3, 0.4) is 0 Å². The zero-order chi connectivity index (χ0) is 15.4. The smallest absolute Gasteiger partial charge is 0.191 e. The van der Waals surface area contributed by atoms with Crippen molar-refractivity contribution in [2.45, 2.75) is 57.1 Å². The van der Waals surface area contributed by atoms with Crippen molar-refractivity contribution in [2.24, 2.45) is 5.73 Å². The third kappa shape index (κ3) is 4.20. The number of sulfone groups is 1. The highest BCUT2D eigenvalue weighted by atomic mass is 32.2. The van der Waals surface area contributed by atoms with E-state index in [-0.39, 0.29) is 5.75 Å². The van der Waals surface area contributed by atoms with E-state index in [2.05, 4.69) is 17.1 Å². The third-order valence-corrected chi connectivity index (χ3v) is 6.77. The van der Waals surface area contributed by atoms with Crippen LogP contribution in [-0.2, 0) is 22.9 Å². The molecule has 0 atom stereocenters. The normalized spacial score (nSPS) is 12.8. The lowest BCUT2D eigenvalue weighted by Crippen LogP contribution is -2.31. The van der Waals surface area contributed by atoms with Crippen LogP contribution in [0, 0.1) is 0 Å². The fourth-order valence-electron chi connectivity index (χ4n) is 1.57. The van der Waals surface area contributed by atoms with Crippen LogP contribution in [0.1, 0.15) is 39.9 Å². The number of aromatic nitrogens is 3. The molecule has 0 amide bonds. The van der Waals surface area contributed by atoms with E-state index >= 15 is 0 Å². The molecule has 1 heterocycles. The highest BCUT2D eigenvalue weighted by Gasteiger charge is 2.28. The van der Waals surface area contributed by atoms with Gasteiger partial charge in [-0.15, -0.1) is 10.2 Å². The zero-order valence-corrected chi connectivity index (χ0v) is 14.2. The molecule has 0 spiro atoms. The van der Waals surface area contributed by atoms with Crippen LogP contribution in [0.15, 0.2) is 5.16 Å². The number of rotatable bonds is 7. The van der Waals surface area contributed by atoms with Gasteiger partial charge in [-0.05, 0) is 27.2 Å². The molecule has 0 aromatic carbocycles. The molecule has 20 heavy (non-hydrogen) atoms. The number of nitrogens with two attached hydrogens (primary N) is 1. The van der Waals surface area contributed by atoms with Gasteiger partial charge in [-0.3, -0.25) is 0 Å². The average molecular weight is 320 g/mol. The summed E-state index contributed by atoms with van der Waals surface area (Å²) in [6, 6.07) is 0. The fraction of sp³-hybridized carbons (Fsp3) is 0.833. The summed E-state index contributed by atoms with van der Waals surface area (Å²) >= 11 is 1.42. The maximum Gasteiger partial charge on any atom is 0.191 e. The van der Waals surface area contributed by atoms with Crippen molar-refractivity contribution in [2.75, 3.05) is 11.5 Å². The maximum absolute atomic E-state index is 12.0. The molecular formula is C12H24N4O2S2. The maximum atomic E-state index is 12.0. The van der Waals surface area contributed by atoms with Gasteiger partial charge in [0, 0.05) is 12.3 Å². The van der Waals surface area contributed by atoms with E-state index in [4.69, 9.17) is 5.73 Å². The Labute approximate surface area is 125 Å². The summed E-state index contributed by atoms with van der Waals surface area (Å²) in [5.41, 5.74) is 5.62. The van der Waals surface area contributed by atoms with Gasteiger partial charge in [0.1, 0.15) is 5.82 Å². The summed E-state index contributed by atoms with van der Waals surface area (Å²) in [6.45, 7) is 8.37. The summed E-state index contributed by atoms with van der Waals surface area (Å²) in [6.07, 6.45) is 0.957. The number of hydrogen-bond acceptors (Lipinski definition) is 6. The summed E-state index contributed by atoms with van der Waals surface area (Å²) in [5, 5.41) is 8.87. The monoisotopic (exact) mass is 320 g/mol. The predicted molar refractivity (Wildman–Crippen MR) is 82.5 cm³/mol. The van der Waals surface area contributed by atoms with Gasteiger partial charge in [0.15, 0.2) is 15.0 Å². The Balaban J connectivity index is 2.70. The Morgan fingerprint density at radius 2 is 1.95 bits per heavy atom. The fourth-order valence-corrected chi connectivity index (χ4v) is 4.03. The van der Waals surface area contributed by atoms with Crippen molar-refractivity contribution in [3.05, 3.63) is 5.82 Å². The van der Waals surface area contributed by atoms with E-state index in [1.165, 1.54) is 11.8 Å². The SMILES string of the molecule is CCCn1c(CN)nnc1SCCS(=O)(=O)C(C)(C)C. The number of nitrogens with zero attached hydrogens (tertiary/aromatic N) is 3. The topological polar surface area (TPSA) is 90.9 Å². The molecule has 0 aliphatic heterocycles. The standard InChI is InChI=1S/C12H24N4O2S2/c1-5-6-16-10(9-13)14-15-11(16)19-7-8-20(17,18)12(2,3)4/h5-9,13H2,1-4H3. The minimum atomic E-state index is -3.09. The van der Waals surface area contributed by atoms with E-state index in [1.807, 2.05) is 4.57 Å². The first-order valence-corrected chi connectivity index (χ1v) is 9.34. The molecular weight excluding hydrogens is 296 g/mol. The van der Waals surface area contributed by atoms with Crippen LogP contribution in [0.25, 0.3) is 0 Å². The highest BCUT2D eigenvalue weighted by Crippen LogP contribution is 2.21. The van der Waals surface area contributed by atoms with Gasteiger partial charge in [-0.1, -0.05) is 18.7 Å². The van der Waals surface area contributed by atoms with E-state index in [0.29, 0.717) is 12.3 Å². The van der Waals surface area contributed by atoms with Gasteiger partial charge in [-0.25, -0.2) is 8.42 Å². The number of hydrogen-bond donors (Lipinski definition) is 1. The molecule has 0 aliphatic carbocycles. The number of thioether (sulfide) groups is 1. The summed E-state index contributed by atoms with van der Waals surface area (Å²) < 4.78 is 25.3. The molecule has 8 heteroatoms. The van der Waals surface area contributed by atoms with Crippen LogP contribution in [0.4, 0.5) is 0 Å². The quantitative estimate of drug-likeness (QED) is 0.765. The Morgan fingerprint density at radius 3 is 2.45 bits per heavy atom. The molecule has 0 radical (unpaired) electrons. The molecule has 0 fully saturated rings. The average Bonchev–Trinajstić information content (AvgIpc) is 2.71. The van der Waals surface area contributed by atoms with Gasteiger partial charge < -0.3 is 10.3 Å². The van der Waals surface area contributed by atoms with Gasteiger partial charge in [-0.2, -0.15) is 0 Å². The Bertz CT molecular complexity index is 532. The minimum Gasteiger partial charge on any atom is -0.324 e. The first-order valence-electron chi connectivity index (χ1n) is 6.70. The van der Waals surface area contributed by atoms with E-state index in [0.717, 1.165) is 23.9 Å². The van der Waals surface area contributed by atoms with E-state index in [1.54, 1.807) is 20.8 Å². The van der Waals surface area contributed by atoms with Gasteiger partial charge in [0.2, 0.25) is 0 Å². The largest absolute Gasteiger partial charge is 0.324 e. The lowest BCUT2D eigenvalue weighted by molar-refractivity contribution is 0.562. The second-order valence-electron chi connectivity index (χ2n) is 5.53. The first-order chi connectivity index (χ1) is 9.23. The van der Waals surface area contributed by atoms with Crippen molar-refractivity contribution in [3.8, 4) is 0 Å². The van der Waals surface area contributed by atoms with Crippen LogP contribution in [0.2, 0.25) is 0 Å². The van der Waals surface area contributed by atoms with Crippen LogP contribution < -0.4 is 5.73 Å². The highest BCUT2D eigenvalue weighted by molar-refractivity contribution is 8.00. The summed E-state index contributed by atoms with van der Waals surface area (Å²) in [5.74, 6) is 1.36. The lowest BCUT2D eigenvalue weighted by atomic mass is 10.3. The Morgan fingerprint density at radius 1 is 1.30 bits per heavy atom. The van der Waals surface area contributed by atoms with Gasteiger partial charge >= 0.3 is 0 Å². The van der Waals surface area contributed by atoms with Crippen LogP contribution >= 0.6 is 11.8 Å². The molecule has 1 aromatic rings. The molecule has 0 aliphatic rings. The van der Waals surface area contributed by atoms with Crippen LogP contribution in [-0.4, -0.2) is 39.4 Å². The summed E-state index contributed by atoms with van der Waals surface area (Å²) in [4.78, 5) is 0. The Kier molecular flexibility index (Phi) is 6.03. The molecule has 0 saturated heterocycles. The van der Waals surface area contributed by atoms with Crippen molar-refractivity contribution < 1.29 is 8.42 Å². The molecule has 116 valence electrons.